The van der Waals surface area contributed by atoms with Crippen molar-refractivity contribution >= 4 is 34.3 Å². The van der Waals surface area contributed by atoms with Crippen LogP contribution in [0.3, 0.4) is 0 Å². The molecule has 0 atom stereocenters. The molecule has 0 unspecified atom stereocenters. The first-order chi connectivity index (χ1) is 16.1. The van der Waals surface area contributed by atoms with Crippen molar-refractivity contribution in [3.63, 3.8) is 0 Å². The van der Waals surface area contributed by atoms with Crippen LogP contribution in [0.25, 0.3) is 22.2 Å². The Bertz CT molecular complexity index is 1290. The zero-order valence-electron chi connectivity index (χ0n) is 18.3. The first-order valence-electron chi connectivity index (χ1n) is 10.5. The Morgan fingerprint density at radius 2 is 1.58 bits per heavy atom. The fourth-order valence-electron chi connectivity index (χ4n) is 3.41. The molecule has 33 heavy (non-hydrogen) atoms. The zero-order valence-corrected chi connectivity index (χ0v) is 18.3. The quantitative estimate of drug-likeness (QED) is 0.373. The molecule has 4 rings (SSSR count). The molecule has 2 N–H and O–H groups in total. The highest BCUT2D eigenvalue weighted by molar-refractivity contribution is 6.02. The van der Waals surface area contributed by atoms with Crippen molar-refractivity contribution in [1.29, 1.82) is 0 Å². The molecule has 166 valence electrons. The lowest BCUT2D eigenvalue weighted by atomic mass is 10.1. The number of nitrogens with one attached hydrogen (secondary N) is 2. The van der Waals surface area contributed by atoms with E-state index in [1.165, 1.54) is 7.11 Å². The van der Waals surface area contributed by atoms with Gasteiger partial charge in [-0.05, 0) is 49.4 Å². The zero-order chi connectivity index (χ0) is 23.2. The molecule has 2 amide bonds. The van der Waals surface area contributed by atoms with Crippen LogP contribution in [0.15, 0.2) is 78.9 Å². The van der Waals surface area contributed by atoms with Gasteiger partial charge in [0.1, 0.15) is 5.75 Å². The number of ether oxygens (including phenoxy) is 2. The average molecular weight is 441 g/mol. The number of esters is 1. The summed E-state index contributed by atoms with van der Waals surface area (Å²) >= 11 is 0. The van der Waals surface area contributed by atoms with Crippen LogP contribution in [0.1, 0.15) is 17.3 Å². The topological polar surface area (TPSA) is 89.5 Å². The summed E-state index contributed by atoms with van der Waals surface area (Å²) in [5.74, 6) is 0.264. The highest BCUT2D eigenvalue weighted by atomic mass is 16.5. The number of benzene rings is 3. The predicted molar refractivity (Wildman–Crippen MR) is 129 cm³/mol. The second-order valence-electron chi connectivity index (χ2n) is 7.18. The summed E-state index contributed by atoms with van der Waals surface area (Å²) in [6, 6.07) is 23.3. The van der Waals surface area contributed by atoms with E-state index in [0.717, 1.165) is 22.2 Å². The minimum Gasteiger partial charge on any atom is -0.493 e. The van der Waals surface area contributed by atoms with Gasteiger partial charge in [0.2, 0.25) is 0 Å². The molecule has 0 aliphatic rings. The molecule has 3 aromatic carbocycles. The number of hydrogen-bond donors (Lipinski definition) is 2. The summed E-state index contributed by atoms with van der Waals surface area (Å²) < 4.78 is 10.5. The largest absolute Gasteiger partial charge is 0.493 e. The lowest BCUT2D eigenvalue weighted by molar-refractivity contribution is 0.0600. The number of anilines is 2. The molecule has 7 nitrogen and oxygen atoms in total. The van der Waals surface area contributed by atoms with Crippen molar-refractivity contribution in [3.05, 3.63) is 84.4 Å². The predicted octanol–water partition coefficient (Wildman–Crippen LogP) is 5.73. The first kappa shape index (κ1) is 21.8. The Balaban J connectivity index is 1.55. The number of rotatable bonds is 6. The van der Waals surface area contributed by atoms with Gasteiger partial charge in [0, 0.05) is 28.4 Å². The highest BCUT2D eigenvalue weighted by Gasteiger charge is 2.11. The number of hydrogen-bond acceptors (Lipinski definition) is 5. The summed E-state index contributed by atoms with van der Waals surface area (Å²) in [5, 5.41) is 6.37. The Kier molecular flexibility index (Phi) is 6.50. The summed E-state index contributed by atoms with van der Waals surface area (Å²) in [6.45, 7) is 2.43. The van der Waals surface area contributed by atoms with Gasteiger partial charge in [-0.3, -0.25) is 0 Å². The molecular weight excluding hydrogens is 418 g/mol. The van der Waals surface area contributed by atoms with Gasteiger partial charge in [0.15, 0.2) is 0 Å². The normalized spacial score (nSPS) is 10.5. The fourth-order valence-corrected chi connectivity index (χ4v) is 3.41. The maximum Gasteiger partial charge on any atom is 0.337 e. The number of urea groups is 1. The third-order valence-corrected chi connectivity index (χ3v) is 4.96. The summed E-state index contributed by atoms with van der Waals surface area (Å²) in [4.78, 5) is 28.8. The van der Waals surface area contributed by atoms with E-state index in [1.807, 2.05) is 55.5 Å². The number of nitrogens with zero attached hydrogens (tertiary/aromatic N) is 1. The standard InChI is InChI=1S/C26H23N3O4/c1-3-33-24-16-23(17-7-5-4-6-8-17)29-22-14-13-20(15-21(22)24)28-26(31)27-19-11-9-18(10-12-19)25(30)32-2/h4-16H,3H2,1-2H3,(H2,27,28,31). The number of amides is 2. The van der Waals surface area contributed by atoms with E-state index in [4.69, 9.17) is 9.72 Å². The van der Waals surface area contributed by atoms with Crippen molar-refractivity contribution in [3.8, 4) is 17.0 Å². The number of carbonyl (C=O) groups excluding carboxylic acids is 2. The minimum atomic E-state index is -0.434. The van der Waals surface area contributed by atoms with Gasteiger partial charge in [0.05, 0.1) is 30.5 Å². The van der Waals surface area contributed by atoms with Crippen LogP contribution < -0.4 is 15.4 Å². The van der Waals surface area contributed by atoms with Crippen molar-refractivity contribution in [2.24, 2.45) is 0 Å². The third kappa shape index (κ3) is 5.10. The maximum atomic E-state index is 12.5. The van der Waals surface area contributed by atoms with Crippen LogP contribution in [0.4, 0.5) is 16.2 Å². The van der Waals surface area contributed by atoms with Crippen molar-refractivity contribution in [2.75, 3.05) is 24.4 Å². The monoisotopic (exact) mass is 441 g/mol. The smallest absolute Gasteiger partial charge is 0.337 e. The Labute approximate surface area is 191 Å². The number of fused-ring (bicyclic) bond motifs is 1. The van der Waals surface area contributed by atoms with Crippen LogP contribution in [0, 0.1) is 0 Å². The molecule has 0 aliphatic heterocycles. The second-order valence-corrected chi connectivity index (χ2v) is 7.18. The van der Waals surface area contributed by atoms with E-state index in [-0.39, 0.29) is 0 Å². The van der Waals surface area contributed by atoms with E-state index in [9.17, 15) is 9.59 Å². The number of carbonyl (C=O) groups is 2. The minimum absolute atomic E-state index is 0.406. The molecule has 0 fully saturated rings. The van der Waals surface area contributed by atoms with E-state index in [1.54, 1.807) is 30.3 Å². The van der Waals surface area contributed by atoms with Gasteiger partial charge < -0.3 is 20.1 Å². The molecule has 0 aliphatic carbocycles. The first-order valence-corrected chi connectivity index (χ1v) is 10.5. The molecular formula is C26H23N3O4. The number of aromatic nitrogens is 1. The molecule has 0 saturated carbocycles. The third-order valence-electron chi connectivity index (χ3n) is 4.96. The molecule has 0 radical (unpaired) electrons. The molecule has 0 spiro atoms. The average Bonchev–Trinajstić information content (AvgIpc) is 2.84. The van der Waals surface area contributed by atoms with Crippen molar-refractivity contribution in [1.82, 2.24) is 4.98 Å². The lowest BCUT2D eigenvalue weighted by Crippen LogP contribution is -2.19. The molecule has 4 aromatic rings. The van der Waals surface area contributed by atoms with Crippen LogP contribution >= 0.6 is 0 Å². The summed E-state index contributed by atoms with van der Waals surface area (Å²) in [5.41, 5.74) is 4.14. The SMILES string of the molecule is CCOc1cc(-c2ccccc2)nc2ccc(NC(=O)Nc3ccc(C(=O)OC)cc3)cc12. The maximum absolute atomic E-state index is 12.5. The van der Waals surface area contributed by atoms with Gasteiger partial charge >= 0.3 is 12.0 Å². The molecule has 0 saturated heterocycles. The van der Waals surface area contributed by atoms with Gasteiger partial charge in [-0.2, -0.15) is 0 Å². The van der Waals surface area contributed by atoms with E-state index in [2.05, 4.69) is 15.4 Å². The van der Waals surface area contributed by atoms with E-state index in [0.29, 0.717) is 29.3 Å². The van der Waals surface area contributed by atoms with Crippen LogP contribution in [0.2, 0.25) is 0 Å². The fraction of sp³-hybridized carbons (Fsp3) is 0.115. The van der Waals surface area contributed by atoms with Crippen molar-refractivity contribution in [2.45, 2.75) is 6.92 Å². The molecule has 1 heterocycles. The van der Waals surface area contributed by atoms with Crippen molar-refractivity contribution < 1.29 is 19.1 Å². The number of pyridine rings is 1. The van der Waals surface area contributed by atoms with Gasteiger partial charge in [-0.1, -0.05) is 30.3 Å². The molecule has 0 bridgehead atoms. The van der Waals surface area contributed by atoms with Gasteiger partial charge in [-0.15, -0.1) is 0 Å². The Hall–Kier alpha value is -4.39. The highest BCUT2D eigenvalue weighted by Crippen LogP contribution is 2.32. The van der Waals surface area contributed by atoms with Crippen LogP contribution in [0.5, 0.6) is 5.75 Å². The van der Waals surface area contributed by atoms with Gasteiger partial charge in [0.25, 0.3) is 0 Å². The summed E-state index contributed by atoms with van der Waals surface area (Å²) in [7, 11) is 1.32. The van der Waals surface area contributed by atoms with E-state index >= 15 is 0 Å². The Morgan fingerprint density at radius 1 is 0.879 bits per heavy atom. The van der Waals surface area contributed by atoms with Gasteiger partial charge in [-0.25, -0.2) is 14.6 Å². The Morgan fingerprint density at radius 3 is 2.27 bits per heavy atom. The summed E-state index contributed by atoms with van der Waals surface area (Å²) in [6.07, 6.45) is 0. The second kappa shape index (κ2) is 9.82. The number of methoxy groups -OCH3 is 1. The molecule has 1 aromatic heterocycles. The molecule has 7 heteroatoms. The van der Waals surface area contributed by atoms with Crippen LogP contribution in [-0.4, -0.2) is 30.7 Å². The lowest BCUT2D eigenvalue weighted by Gasteiger charge is -2.13. The van der Waals surface area contributed by atoms with E-state index < -0.39 is 12.0 Å². The van der Waals surface area contributed by atoms with Crippen LogP contribution in [-0.2, 0) is 4.74 Å².